The second-order valence-electron chi connectivity index (χ2n) is 2.28. The van der Waals surface area contributed by atoms with E-state index in [2.05, 4.69) is 37.7 Å². The summed E-state index contributed by atoms with van der Waals surface area (Å²) in [7, 11) is 1.81. The lowest BCUT2D eigenvalue weighted by Gasteiger charge is -1.91. The van der Waals surface area contributed by atoms with Crippen LogP contribution in [0.15, 0.2) is 6.20 Å². The van der Waals surface area contributed by atoms with Crippen molar-refractivity contribution in [3.05, 3.63) is 15.1 Å². The van der Waals surface area contributed by atoms with E-state index < -0.39 is 0 Å². The number of fused-ring (bicyclic) bond motifs is 1. The molecule has 0 aromatic carbocycles. The van der Waals surface area contributed by atoms with Crippen LogP contribution < -0.4 is 0 Å². The minimum Gasteiger partial charge on any atom is -0.248 e. The molecule has 62 valence electrons. The highest BCUT2D eigenvalue weighted by atomic mass is 127. The van der Waals surface area contributed by atoms with Crippen LogP contribution in [-0.4, -0.2) is 19.7 Å². The van der Waals surface area contributed by atoms with Gasteiger partial charge < -0.3 is 0 Å². The molecule has 0 aliphatic rings. The predicted octanol–water partition coefficient (Wildman–Crippen LogP) is 1.62. The summed E-state index contributed by atoms with van der Waals surface area (Å²) >= 11 is 7.80. The number of rotatable bonds is 0. The van der Waals surface area contributed by atoms with Crippen molar-refractivity contribution in [2.75, 3.05) is 0 Å². The first kappa shape index (κ1) is 8.18. The van der Waals surface area contributed by atoms with E-state index in [1.165, 1.54) is 6.20 Å². The predicted molar refractivity (Wildman–Crippen MR) is 54.0 cm³/mol. The van der Waals surface area contributed by atoms with Gasteiger partial charge in [-0.1, -0.05) is 11.6 Å². The lowest BCUT2D eigenvalue weighted by Crippen LogP contribution is -1.92. The maximum absolute atomic E-state index is 5.68. The normalized spacial score (nSPS) is 10.9. The molecule has 0 fully saturated rings. The molecule has 2 heterocycles. The summed E-state index contributed by atoms with van der Waals surface area (Å²) in [6.45, 7) is 0. The number of nitrogens with zero attached hydrogens (tertiary/aromatic N) is 4. The van der Waals surface area contributed by atoms with Crippen LogP contribution in [0.3, 0.4) is 0 Å². The van der Waals surface area contributed by atoms with Crippen molar-refractivity contribution in [3.8, 4) is 0 Å². The second-order valence-corrected chi connectivity index (χ2v) is 3.69. The Morgan fingerprint density at radius 2 is 2.33 bits per heavy atom. The fourth-order valence-electron chi connectivity index (χ4n) is 0.956. The van der Waals surface area contributed by atoms with Gasteiger partial charge in [-0.2, -0.15) is 5.10 Å². The molecule has 0 bridgehead atoms. The first-order valence-corrected chi connectivity index (χ1v) is 4.65. The third-order valence-electron chi connectivity index (χ3n) is 1.46. The Kier molecular flexibility index (Phi) is 1.91. The van der Waals surface area contributed by atoms with E-state index in [0.717, 1.165) is 9.22 Å². The van der Waals surface area contributed by atoms with Crippen molar-refractivity contribution in [2.45, 2.75) is 0 Å². The zero-order chi connectivity index (χ0) is 8.72. The summed E-state index contributed by atoms with van der Waals surface area (Å²) in [5, 5.41) is 4.54. The molecule has 2 rings (SSSR count). The van der Waals surface area contributed by atoms with E-state index in [4.69, 9.17) is 11.6 Å². The molecule has 2 aromatic rings. The molecular weight excluding hydrogens is 290 g/mol. The van der Waals surface area contributed by atoms with Gasteiger partial charge >= 0.3 is 0 Å². The van der Waals surface area contributed by atoms with Crippen LogP contribution in [0.1, 0.15) is 0 Å². The van der Waals surface area contributed by atoms with Crippen LogP contribution in [0.4, 0.5) is 0 Å². The molecule has 0 saturated heterocycles. The zero-order valence-electron chi connectivity index (χ0n) is 6.12. The monoisotopic (exact) mass is 294 g/mol. The average molecular weight is 294 g/mol. The topological polar surface area (TPSA) is 43.6 Å². The first-order chi connectivity index (χ1) is 5.68. The van der Waals surface area contributed by atoms with Gasteiger partial charge in [0.15, 0.2) is 9.35 Å². The highest BCUT2D eigenvalue weighted by molar-refractivity contribution is 14.1. The zero-order valence-corrected chi connectivity index (χ0v) is 9.04. The van der Waals surface area contributed by atoms with Crippen molar-refractivity contribution in [1.29, 1.82) is 0 Å². The van der Waals surface area contributed by atoms with Crippen LogP contribution >= 0.6 is 34.2 Å². The summed E-state index contributed by atoms with van der Waals surface area (Å²) in [5.74, 6) is 0. The molecular formula is C6H4ClIN4. The third kappa shape index (κ3) is 1.16. The summed E-state index contributed by atoms with van der Waals surface area (Å²) in [6.07, 6.45) is 1.52. The van der Waals surface area contributed by atoms with Gasteiger partial charge in [0.05, 0.1) is 6.20 Å². The number of hydrogen-bond donors (Lipinski definition) is 0. The van der Waals surface area contributed by atoms with Crippen LogP contribution in [0.25, 0.3) is 11.2 Å². The van der Waals surface area contributed by atoms with E-state index in [-0.39, 0.29) is 0 Å². The van der Waals surface area contributed by atoms with Crippen molar-refractivity contribution in [2.24, 2.45) is 7.05 Å². The van der Waals surface area contributed by atoms with Crippen LogP contribution in [0, 0.1) is 3.70 Å². The Bertz CT molecular complexity index is 438. The minimum absolute atomic E-state index is 0.391. The Morgan fingerprint density at radius 1 is 1.58 bits per heavy atom. The Labute approximate surface area is 87.1 Å². The van der Waals surface area contributed by atoms with Crippen molar-refractivity contribution < 1.29 is 0 Å². The molecule has 6 heteroatoms. The molecule has 0 aliphatic carbocycles. The number of aryl methyl sites for hydroxylation is 1. The van der Waals surface area contributed by atoms with E-state index in [1.54, 1.807) is 4.68 Å². The summed E-state index contributed by atoms with van der Waals surface area (Å²) in [6, 6.07) is 0. The van der Waals surface area contributed by atoms with E-state index in [9.17, 15) is 0 Å². The largest absolute Gasteiger partial charge is 0.248 e. The van der Waals surface area contributed by atoms with E-state index in [1.807, 2.05) is 7.05 Å². The van der Waals surface area contributed by atoms with Crippen LogP contribution in [-0.2, 0) is 7.05 Å². The van der Waals surface area contributed by atoms with Gasteiger partial charge in [-0.3, -0.25) is 0 Å². The van der Waals surface area contributed by atoms with Gasteiger partial charge in [0.2, 0.25) is 0 Å². The maximum Gasteiger partial charge on any atom is 0.179 e. The van der Waals surface area contributed by atoms with Crippen LogP contribution in [0.5, 0.6) is 0 Å². The molecule has 0 radical (unpaired) electrons. The number of halogens is 2. The summed E-state index contributed by atoms with van der Waals surface area (Å²) in [5.41, 5.74) is 1.51. The standard InChI is InChI=1S/C6H4ClIN4/c1-12-6-4(5(8)11-12)9-2-3(7)10-6/h2H,1H3. The maximum atomic E-state index is 5.68. The average Bonchev–Trinajstić information content (AvgIpc) is 2.28. The molecule has 0 spiro atoms. The highest BCUT2D eigenvalue weighted by Gasteiger charge is 2.08. The van der Waals surface area contributed by atoms with Gasteiger partial charge in [0.1, 0.15) is 10.7 Å². The molecule has 0 unspecified atom stereocenters. The number of hydrogen-bond acceptors (Lipinski definition) is 3. The molecule has 2 aromatic heterocycles. The van der Waals surface area contributed by atoms with E-state index >= 15 is 0 Å². The highest BCUT2D eigenvalue weighted by Crippen LogP contribution is 2.16. The van der Waals surface area contributed by atoms with Crippen molar-refractivity contribution in [3.63, 3.8) is 0 Å². The van der Waals surface area contributed by atoms with Crippen molar-refractivity contribution >= 4 is 45.4 Å². The quantitative estimate of drug-likeness (QED) is 0.694. The van der Waals surface area contributed by atoms with Gasteiger partial charge in [0, 0.05) is 7.05 Å². The molecule has 0 amide bonds. The SMILES string of the molecule is Cn1nc(I)c2ncc(Cl)nc21. The Balaban J connectivity index is 2.90. The second kappa shape index (κ2) is 2.81. The Morgan fingerprint density at radius 3 is 3.08 bits per heavy atom. The van der Waals surface area contributed by atoms with Gasteiger partial charge in [0.25, 0.3) is 0 Å². The molecule has 0 aliphatic heterocycles. The van der Waals surface area contributed by atoms with Gasteiger partial charge in [-0.15, -0.1) is 0 Å². The van der Waals surface area contributed by atoms with Gasteiger partial charge in [-0.05, 0) is 22.6 Å². The third-order valence-corrected chi connectivity index (χ3v) is 2.37. The smallest absolute Gasteiger partial charge is 0.179 e. The molecule has 0 atom stereocenters. The van der Waals surface area contributed by atoms with E-state index in [0.29, 0.717) is 10.8 Å². The number of aromatic nitrogens is 4. The summed E-state index contributed by atoms with van der Waals surface area (Å²) in [4.78, 5) is 8.21. The molecule has 0 N–H and O–H groups in total. The Hall–Kier alpha value is -0.430. The van der Waals surface area contributed by atoms with Crippen molar-refractivity contribution in [1.82, 2.24) is 19.7 Å². The lowest BCUT2D eigenvalue weighted by atomic mass is 10.5. The van der Waals surface area contributed by atoms with Gasteiger partial charge in [-0.25, -0.2) is 14.6 Å². The fraction of sp³-hybridized carbons (Fsp3) is 0.167. The first-order valence-electron chi connectivity index (χ1n) is 3.19. The molecule has 12 heavy (non-hydrogen) atoms. The van der Waals surface area contributed by atoms with Crippen LogP contribution in [0.2, 0.25) is 5.15 Å². The fourth-order valence-corrected chi connectivity index (χ4v) is 1.79. The summed E-state index contributed by atoms with van der Waals surface area (Å²) < 4.78 is 2.50. The minimum atomic E-state index is 0.391. The molecule has 4 nitrogen and oxygen atoms in total. The molecule has 0 saturated carbocycles. The lowest BCUT2D eigenvalue weighted by molar-refractivity contribution is 0.777.